The summed E-state index contributed by atoms with van der Waals surface area (Å²) in [6.07, 6.45) is 1.04. The van der Waals surface area contributed by atoms with Gasteiger partial charge in [-0.25, -0.2) is 0 Å². The Morgan fingerprint density at radius 3 is 2.69 bits per heavy atom. The third-order valence-corrected chi connectivity index (χ3v) is 2.62. The molecule has 1 rings (SSSR count). The van der Waals surface area contributed by atoms with Crippen LogP contribution in [0.15, 0.2) is 28.7 Å². The van der Waals surface area contributed by atoms with Gasteiger partial charge in [0.15, 0.2) is 0 Å². The summed E-state index contributed by atoms with van der Waals surface area (Å²) in [5.41, 5.74) is 6.71. The highest BCUT2D eigenvalue weighted by Gasteiger charge is 1.96. The Bertz CT molecular complexity index is 250. The molecule has 0 aromatic heterocycles. The van der Waals surface area contributed by atoms with Crippen molar-refractivity contribution in [2.75, 3.05) is 19.6 Å². The Morgan fingerprint density at radius 1 is 1.23 bits per heavy atom. The minimum absolute atomic E-state index is 0.704. The smallest absolute Gasteiger partial charge is 0.0207 e. The topological polar surface area (TPSA) is 38.0 Å². The summed E-state index contributed by atoms with van der Waals surface area (Å²) in [6, 6.07) is 8.29. The molecule has 0 amide bonds. The molecule has 0 bridgehead atoms. The highest BCUT2D eigenvalue weighted by molar-refractivity contribution is 9.10. The van der Waals surface area contributed by atoms with E-state index in [0.29, 0.717) is 6.54 Å². The third-order valence-electron chi connectivity index (χ3n) is 1.85. The minimum atomic E-state index is 0.704. The second kappa shape index (κ2) is 6.13. The van der Waals surface area contributed by atoms with Crippen LogP contribution in [0.3, 0.4) is 0 Å². The van der Waals surface area contributed by atoms with Crippen LogP contribution in [0.1, 0.15) is 5.56 Å². The lowest BCUT2D eigenvalue weighted by Gasteiger charge is -2.04. The normalized spacial score (nSPS) is 10.3. The molecule has 13 heavy (non-hydrogen) atoms. The maximum atomic E-state index is 5.37. The van der Waals surface area contributed by atoms with Crippen LogP contribution in [0.25, 0.3) is 0 Å². The maximum Gasteiger partial charge on any atom is 0.0207 e. The maximum absolute atomic E-state index is 5.37. The highest BCUT2D eigenvalue weighted by atomic mass is 79.9. The van der Waals surface area contributed by atoms with Gasteiger partial charge in [-0.1, -0.05) is 34.1 Å². The van der Waals surface area contributed by atoms with Crippen molar-refractivity contribution >= 4 is 15.9 Å². The first-order chi connectivity index (χ1) is 6.34. The molecule has 0 atom stereocenters. The van der Waals surface area contributed by atoms with Crippen LogP contribution in [0, 0.1) is 0 Å². The van der Waals surface area contributed by atoms with E-state index < -0.39 is 0 Å². The molecule has 0 saturated carbocycles. The van der Waals surface area contributed by atoms with Crippen LogP contribution in [0.2, 0.25) is 0 Å². The number of nitrogens with one attached hydrogen (secondary N) is 1. The SMILES string of the molecule is NCCNCCc1ccccc1Br. The average Bonchev–Trinajstić information content (AvgIpc) is 2.15. The molecule has 0 radical (unpaired) electrons. The fourth-order valence-corrected chi connectivity index (χ4v) is 1.63. The molecule has 0 fully saturated rings. The zero-order valence-corrected chi connectivity index (χ0v) is 9.18. The fourth-order valence-electron chi connectivity index (χ4n) is 1.15. The van der Waals surface area contributed by atoms with E-state index in [0.717, 1.165) is 19.5 Å². The summed E-state index contributed by atoms with van der Waals surface area (Å²) in [7, 11) is 0. The monoisotopic (exact) mass is 242 g/mol. The lowest BCUT2D eigenvalue weighted by atomic mass is 10.1. The van der Waals surface area contributed by atoms with Crippen LogP contribution in [0.5, 0.6) is 0 Å². The second-order valence-electron chi connectivity index (χ2n) is 2.88. The highest BCUT2D eigenvalue weighted by Crippen LogP contribution is 2.15. The summed E-state index contributed by atoms with van der Waals surface area (Å²) in [5, 5.41) is 3.26. The molecule has 0 saturated heterocycles. The average molecular weight is 243 g/mol. The van der Waals surface area contributed by atoms with E-state index in [1.165, 1.54) is 10.0 Å². The van der Waals surface area contributed by atoms with Gasteiger partial charge < -0.3 is 11.1 Å². The van der Waals surface area contributed by atoms with Gasteiger partial charge in [0.1, 0.15) is 0 Å². The van der Waals surface area contributed by atoms with Gasteiger partial charge in [-0.3, -0.25) is 0 Å². The Kier molecular flexibility index (Phi) is 5.05. The molecular formula is C10H15BrN2. The van der Waals surface area contributed by atoms with Crippen molar-refractivity contribution < 1.29 is 0 Å². The van der Waals surface area contributed by atoms with Gasteiger partial charge in [-0.15, -0.1) is 0 Å². The number of nitrogens with two attached hydrogens (primary N) is 1. The number of hydrogen-bond acceptors (Lipinski definition) is 2. The first-order valence-corrected chi connectivity index (χ1v) is 5.28. The fraction of sp³-hybridized carbons (Fsp3) is 0.400. The predicted molar refractivity (Wildman–Crippen MR) is 59.8 cm³/mol. The molecule has 1 aromatic carbocycles. The van der Waals surface area contributed by atoms with Gasteiger partial charge in [0.2, 0.25) is 0 Å². The lowest BCUT2D eigenvalue weighted by Crippen LogP contribution is -2.24. The van der Waals surface area contributed by atoms with Gasteiger partial charge in [-0.05, 0) is 24.6 Å². The molecule has 2 nitrogen and oxygen atoms in total. The first kappa shape index (κ1) is 10.7. The molecule has 0 aliphatic heterocycles. The summed E-state index contributed by atoms with van der Waals surface area (Å²) < 4.78 is 1.18. The van der Waals surface area contributed by atoms with Crippen LogP contribution < -0.4 is 11.1 Å². The van der Waals surface area contributed by atoms with E-state index in [1.807, 2.05) is 6.07 Å². The van der Waals surface area contributed by atoms with Gasteiger partial charge in [0.25, 0.3) is 0 Å². The standard InChI is InChI=1S/C10H15BrN2/c11-10-4-2-1-3-9(10)5-7-13-8-6-12/h1-4,13H,5-8,12H2. The second-order valence-corrected chi connectivity index (χ2v) is 3.73. The molecule has 1 aromatic rings. The molecule has 3 N–H and O–H groups in total. The molecule has 72 valence electrons. The van der Waals surface area contributed by atoms with Crippen LogP contribution >= 0.6 is 15.9 Å². The molecule has 0 unspecified atom stereocenters. The Morgan fingerprint density at radius 2 is 2.00 bits per heavy atom. The Labute approximate surface area is 87.6 Å². The minimum Gasteiger partial charge on any atom is -0.329 e. The predicted octanol–water partition coefficient (Wildman–Crippen LogP) is 1.54. The van der Waals surface area contributed by atoms with Crippen LogP contribution in [-0.2, 0) is 6.42 Å². The van der Waals surface area contributed by atoms with Crippen LogP contribution in [-0.4, -0.2) is 19.6 Å². The van der Waals surface area contributed by atoms with Crippen molar-refractivity contribution in [3.05, 3.63) is 34.3 Å². The Hall–Kier alpha value is -0.380. The van der Waals surface area contributed by atoms with E-state index in [2.05, 4.69) is 39.4 Å². The van der Waals surface area contributed by atoms with Crippen molar-refractivity contribution in [2.45, 2.75) is 6.42 Å². The third kappa shape index (κ3) is 3.89. The molecule has 0 aliphatic carbocycles. The first-order valence-electron chi connectivity index (χ1n) is 4.49. The Balaban J connectivity index is 2.32. The van der Waals surface area contributed by atoms with Gasteiger partial charge >= 0.3 is 0 Å². The zero-order chi connectivity index (χ0) is 9.52. The molecule has 3 heteroatoms. The molecule has 0 heterocycles. The lowest BCUT2D eigenvalue weighted by molar-refractivity contribution is 0.688. The van der Waals surface area contributed by atoms with Crippen molar-refractivity contribution in [1.29, 1.82) is 0 Å². The number of benzene rings is 1. The van der Waals surface area contributed by atoms with E-state index in [4.69, 9.17) is 5.73 Å². The summed E-state index contributed by atoms with van der Waals surface area (Å²) in [6.45, 7) is 2.58. The molecule has 0 aliphatic rings. The van der Waals surface area contributed by atoms with E-state index >= 15 is 0 Å². The van der Waals surface area contributed by atoms with Crippen molar-refractivity contribution in [2.24, 2.45) is 5.73 Å². The van der Waals surface area contributed by atoms with Gasteiger partial charge in [0, 0.05) is 17.6 Å². The largest absolute Gasteiger partial charge is 0.329 e. The molecule has 0 spiro atoms. The zero-order valence-electron chi connectivity index (χ0n) is 7.59. The molecular weight excluding hydrogens is 228 g/mol. The number of halogens is 1. The van der Waals surface area contributed by atoms with Crippen molar-refractivity contribution in [1.82, 2.24) is 5.32 Å². The van der Waals surface area contributed by atoms with Gasteiger partial charge in [-0.2, -0.15) is 0 Å². The van der Waals surface area contributed by atoms with Crippen molar-refractivity contribution in [3.8, 4) is 0 Å². The summed E-state index contributed by atoms with van der Waals surface area (Å²) in [5.74, 6) is 0. The van der Waals surface area contributed by atoms with E-state index in [1.54, 1.807) is 0 Å². The summed E-state index contributed by atoms with van der Waals surface area (Å²) >= 11 is 3.51. The summed E-state index contributed by atoms with van der Waals surface area (Å²) in [4.78, 5) is 0. The van der Waals surface area contributed by atoms with Crippen LogP contribution in [0.4, 0.5) is 0 Å². The van der Waals surface area contributed by atoms with E-state index in [9.17, 15) is 0 Å². The number of rotatable bonds is 5. The van der Waals surface area contributed by atoms with Gasteiger partial charge in [0.05, 0.1) is 0 Å². The van der Waals surface area contributed by atoms with Crippen molar-refractivity contribution in [3.63, 3.8) is 0 Å². The van der Waals surface area contributed by atoms with E-state index in [-0.39, 0.29) is 0 Å². The number of hydrogen-bond donors (Lipinski definition) is 2. The quantitative estimate of drug-likeness (QED) is 0.770.